The third-order valence-corrected chi connectivity index (χ3v) is 3.74. The summed E-state index contributed by atoms with van der Waals surface area (Å²) in [7, 11) is 0. The Morgan fingerprint density at radius 3 is 2.62 bits per heavy atom. The molecule has 2 unspecified atom stereocenters. The lowest BCUT2D eigenvalue weighted by molar-refractivity contribution is -0.182. The van der Waals surface area contributed by atoms with Gasteiger partial charge in [-0.1, -0.05) is 6.42 Å². The number of hydrogen-bond donors (Lipinski definition) is 2. The molecule has 0 saturated heterocycles. The van der Waals surface area contributed by atoms with Crippen LogP contribution in [0, 0.1) is 11.7 Å². The fourth-order valence-electron chi connectivity index (χ4n) is 2.66. The van der Waals surface area contributed by atoms with E-state index in [4.69, 9.17) is 5.73 Å². The number of nitrogens with one attached hydrogen (secondary N) is 1. The van der Waals surface area contributed by atoms with Crippen LogP contribution in [0.3, 0.4) is 0 Å². The van der Waals surface area contributed by atoms with Gasteiger partial charge in [0.25, 0.3) is 5.91 Å². The van der Waals surface area contributed by atoms with Crippen molar-refractivity contribution in [1.82, 2.24) is 0 Å². The van der Waals surface area contributed by atoms with E-state index in [-0.39, 0.29) is 24.4 Å². The second-order valence-corrected chi connectivity index (χ2v) is 5.31. The van der Waals surface area contributed by atoms with Crippen molar-refractivity contribution in [3.05, 3.63) is 29.6 Å². The number of nitrogens with two attached hydrogens (primary N) is 1. The molecule has 1 aromatic rings. The Bertz CT molecular complexity index is 530. The molecule has 1 aliphatic rings. The molecule has 3 N–H and O–H groups in total. The van der Waals surface area contributed by atoms with Crippen LogP contribution in [0.5, 0.6) is 0 Å². The Labute approximate surface area is 119 Å². The first kappa shape index (κ1) is 15.6. The zero-order valence-corrected chi connectivity index (χ0v) is 11.2. The molecule has 116 valence electrons. The molecule has 21 heavy (non-hydrogen) atoms. The average molecular weight is 304 g/mol. The number of alkyl halides is 3. The minimum Gasteiger partial charge on any atom is -0.382 e. The molecule has 0 bridgehead atoms. The second-order valence-electron chi connectivity index (χ2n) is 5.31. The largest absolute Gasteiger partial charge is 0.391 e. The summed E-state index contributed by atoms with van der Waals surface area (Å²) in [4.78, 5) is 11.1. The zero-order chi connectivity index (χ0) is 15.6. The van der Waals surface area contributed by atoms with Gasteiger partial charge in [-0.3, -0.25) is 4.79 Å². The molecular weight excluding hydrogens is 288 g/mol. The molecule has 0 aliphatic heterocycles. The van der Waals surface area contributed by atoms with Crippen LogP contribution in [0.2, 0.25) is 0 Å². The summed E-state index contributed by atoms with van der Waals surface area (Å²) in [6.07, 6.45) is -2.99. The van der Waals surface area contributed by atoms with Crippen molar-refractivity contribution in [3.63, 3.8) is 0 Å². The Morgan fingerprint density at radius 2 is 2.00 bits per heavy atom. The van der Waals surface area contributed by atoms with Gasteiger partial charge in [-0.25, -0.2) is 4.39 Å². The third kappa shape index (κ3) is 3.86. The topological polar surface area (TPSA) is 55.1 Å². The molecule has 1 amide bonds. The molecule has 1 saturated carbocycles. The molecule has 0 aromatic heterocycles. The Morgan fingerprint density at radius 1 is 1.29 bits per heavy atom. The highest BCUT2D eigenvalue weighted by Gasteiger charge is 2.42. The fourth-order valence-corrected chi connectivity index (χ4v) is 2.66. The van der Waals surface area contributed by atoms with E-state index in [2.05, 4.69) is 5.32 Å². The number of carbonyl (C=O) groups excluding carboxylic acids is 1. The van der Waals surface area contributed by atoms with Crippen molar-refractivity contribution in [2.75, 3.05) is 5.32 Å². The first-order valence-electron chi connectivity index (χ1n) is 6.70. The SMILES string of the molecule is NC(=O)c1cc(NC2CCCC(C(F)(F)F)C2)ccc1F. The molecular formula is C14H16F4N2O. The number of carbonyl (C=O) groups is 1. The van der Waals surface area contributed by atoms with Crippen molar-refractivity contribution in [3.8, 4) is 0 Å². The molecule has 0 heterocycles. The number of benzene rings is 1. The molecule has 1 fully saturated rings. The number of anilines is 1. The first-order valence-corrected chi connectivity index (χ1v) is 6.70. The van der Waals surface area contributed by atoms with Crippen molar-refractivity contribution < 1.29 is 22.4 Å². The molecule has 3 nitrogen and oxygen atoms in total. The van der Waals surface area contributed by atoms with Crippen molar-refractivity contribution in [2.24, 2.45) is 11.7 Å². The molecule has 0 spiro atoms. The number of primary amides is 1. The molecule has 0 radical (unpaired) electrons. The van der Waals surface area contributed by atoms with E-state index in [0.29, 0.717) is 18.5 Å². The normalized spacial score (nSPS) is 22.9. The summed E-state index contributed by atoms with van der Waals surface area (Å²) in [6, 6.07) is 3.34. The maximum atomic E-state index is 13.3. The lowest BCUT2D eigenvalue weighted by Gasteiger charge is -2.31. The zero-order valence-electron chi connectivity index (χ0n) is 11.2. The third-order valence-electron chi connectivity index (χ3n) is 3.74. The Balaban J connectivity index is 2.08. The minimum absolute atomic E-state index is 0.0211. The van der Waals surface area contributed by atoms with Gasteiger partial charge < -0.3 is 11.1 Å². The molecule has 2 atom stereocenters. The Hall–Kier alpha value is -1.79. The molecule has 1 aliphatic carbocycles. The van der Waals surface area contributed by atoms with Gasteiger partial charge in [-0.15, -0.1) is 0 Å². The van der Waals surface area contributed by atoms with Gasteiger partial charge in [0.2, 0.25) is 0 Å². The number of hydrogen-bond acceptors (Lipinski definition) is 2. The van der Waals surface area contributed by atoms with E-state index in [1.165, 1.54) is 12.1 Å². The van der Waals surface area contributed by atoms with Crippen LogP contribution in [0.1, 0.15) is 36.0 Å². The highest BCUT2D eigenvalue weighted by molar-refractivity contribution is 5.94. The van der Waals surface area contributed by atoms with Crippen LogP contribution in [0.25, 0.3) is 0 Å². The summed E-state index contributed by atoms with van der Waals surface area (Å²) < 4.78 is 51.6. The van der Waals surface area contributed by atoms with Crippen LogP contribution >= 0.6 is 0 Å². The van der Waals surface area contributed by atoms with Gasteiger partial charge in [-0.2, -0.15) is 13.2 Å². The average Bonchev–Trinajstić information content (AvgIpc) is 2.40. The Kier molecular flexibility index (Phi) is 4.39. The fraction of sp³-hybridized carbons (Fsp3) is 0.500. The minimum atomic E-state index is -4.19. The van der Waals surface area contributed by atoms with Gasteiger partial charge in [-0.05, 0) is 37.5 Å². The summed E-state index contributed by atoms with van der Waals surface area (Å²) in [5.41, 5.74) is 5.17. The molecule has 7 heteroatoms. The van der Waals surface area contributed by atoms with Gasteiger partial charge in [0, 0.05) is 11.7 Å². The number of halogens is 4. The van der Waals surface area contributed by atoms with E-state index in [1.54, 1.807) is 0 Å². The highest BCUT2D eigenvalue weighted by Crippen LogP contribution is 2.38. The quantitative estimate of drug-likeness (QED) is 0.840. The van der Waals surface area contributed by atoms with Crippen LogP contribution < -0.4 is 11.1 Å². The summed E-state index contributed by atoms with van der Waals surface area (Å²) in [5, 5.41) is 2.93. The van der Waals surface area contributed by atoms with Gasteiger partial charge >= 0.3 is 6.18 Å². The van der Waals surface area contributed by atoms with Crippen LogP contribution in [0.15, 0.2) is 18.2 Å². The van der Waals surface area contributed by atoms with Crippen molar-refractivity contribution in [2.45, 2.75) is 37.9 Å². The summed E-state index contributed by atoms with van der Waals surface area (Å²) in [5.74, 6) is -2.97. The van der Waals surface area contributed by atoms with Gasteiger partial charge in [0.1, 0.15) is 5.82 Å². The van der Waals surface area contributed by atoms with Crippen LogP contribution in [0.4, 0.5) is 23.2 Å². The van der Waals surface area contributed by atoms with Crippen LogP contribution in [-0.4, -0.2) is 18.1 Å². The predicted octanol–water partition coefficient (Wildman–Crippen LogP) is 3.46. The molecule has 2 rings (SSSR count). The standard InChI is InChI=1S/C14H16F4N2O/c15-12-5-4-10(7-11(12)13(19)21)20-9-3-1-2-8(6-9)14(16,17)18/h4-5,7-9,20H,1-3,6H2,(H2,19,21). The summed E-state index contributed by atoms with van der Waals surface area (Å²) >= 11 is 0. The van der Waals surface area contributed by atoms with E-state index < -0.39 is 23.8 Å². The summed E-state index contributed by atoms with van der Waals surface area (Å²) in [6.45, 7) is 0. The second kappa shape index (κ2) is 5.91. The monoisotopic (exact) mass is 304 g/mol. The van der Waals surface area contributed by atoms with Gasteiger partial charge in [0.05, 0.1) is 11.5 Å². The van der Waals surface area contributed by atoms with Crippen molar-refractivity contribution in [1.29, 1.82) is 0 Å². The first-order chi connectivity index (χ1) is 9.77. The predicted molar refractivity (Wildman–Crippen MR) is 70.3 cm³/mol. The maximum Gasteiger partial charge on any atom is 0.391 e. The van der Waals surface area contributed by atoms with Crippen molar-refractivity contribution >= 4 is 11.6 Å². The number of amides is 1. The van der Waals surface area contributed by atoms with Gasteiger partial charge in [0.15, 0.2) is 0 Å². The lowest BCUT2D eigenvalue weighted by atomic mass is 9.85. The molecule has 1 aromatic carbocycles. The van der Waals surface area contributed by atoms with E-state index in [9.17, 15) is 22.4 Å². The highest BCUT2D eigenvalue weighted by atomic mass is 19.4. The van der Waals surface area contributed by atoms with E-state index in [1.807, 2.05) is 0 Å². The lowest BCUT2D eigenvalue weighted by Crippen LogP contribution is -2.34. The van der Waals surface area contributed by atoms with E-state index >= 15 is 0 Å². The smallest absolute Gasteiger partial charge is 0.382 e. The maximum absolute atomic E-state index is 13.3. The van der Waals surface area contributed by atoms with E-state index in [0.717, 1.165) is 6.07 Å². The van der Waals surface area contributed by atoms with Crippen LogP contribution in [-0.2, 0) is 0 Å². The number of rotatable bonds is 3.